The Balaban J connectivity index is 1.54. The quantitative estimate of drug-likeness (QED) is 0.252. The molecule has 5 aromatic rings. The summed E-state index contributed by atoms with van der Waals surface area (Å²) < 4.78 is 4.39. The standard InChI is InChI=1S/C32H36N4/c1-7-10-30-34-31-22(2)17-25(28-20-35(6)21-33-28)18-29(31)36(30)19-23-13-15-24(16-14-23)26-11-8-9-12-27(26)32(3,4)5/h8-9,11-18,20-21H,7,10,19H2,1-6H3. The number of rotatable bonds is 6. The normalized spacial score (nSPS) is 11.9. The molecule has 0 aliphatic rings. The molecule has 2 aromatic heterocycles. The second kappa shape index (κ2) is 9.42. The van der Waals surface area contributed by atoms with E-state index in [4.69, 9.17) is 4.98 Å². The number of imidazole rings is 2. The maximum absolute atomic E-state index is 5.08. The highest BCUT2D eigenvalue weighted by atomic mass is 15.1. The summed E-state index contributed by atoms with van der Waals surface area (Å²) in [7, 11) is 2.01. The Morgan fingerprint density at radius 2 is 1.67 bits per heavy atom. The first-order chi connectivity index (χ1) is 17.2. The van der Waals surface area contributed by atoms with Crippen molar-refractivity contribution < 1.29 is 0 Å². The van der Waals surface area contributed by atoms with Gasteiger partial charge in [0.15, 0.2) is 0 Å². The summed E-state index contributed by atoms with van der Waals surface area (Å²) in [4.78, 5) is 9.67. The van der Waals surface area contributed by atoms with Gasteiger partial charge >= 0.3 is 0 Å². The van der Waals surface area contributed by atoms with Crippen molar-refractivity contribution in [2.45, 2.75) is 59.4 Å². The second-order valence-corrected chi connectivity index (χ2v) is 10.9. The highest BCUT2D eigenvalue weighted by molar-refractivity contribution is 5.85. The smallest absolute Gasteiger partial charge is 0.110 e. The van der Waals surface area contributed by atoms with Gasteiger partial charge in [-0.3, -0.25) is 0 Å². The third-order valence-electron chi connectivity index (χ3n) is 6.94. The third-order valence-corrected chi connectivity index (χ3v) is 6.94. The van der Waals surface area contributed by atoms with Gasteiger partial charge in [0, 0.05) is 31.8 Å². The summed E-state index contributed by atoms with van der Waals surface area (Å²) in [5, 5.41) is 0. The monoisotopic (exact) mass is 476 g/mol. The summed E-state index contributed by atoms with van der Waals surface area (Å²) in [6.07, 6.45) is 5.96. The van der Waals surface area contributed by atoms with Crippen LogP contribution in [0.1, 0.15) is 56.6 Å². The first kappa shape index (κ1) is 24.1. The number of nitrogens with zero attached hydrogens (tertiary/aromatic N) is 4. The second-order valence-electron chi connectivity index (χ2n) is 10.9. The number of aryl methyl sites for hydroxylation is 3. The lowest BCUT2D eigenvalue weighted by molar-refractivity contribution is 0.592. The van der Waals surface area contributed by atoms with Crippen LogP contribution in [-0.2, 0) is 25.4 Å². The zero-order valence-corrected chi connectivity index (χ0v) is 22.3. The fraction of sp³-hybridized carbons (Fsp3) is 0.312. The molecule has 0 spiro atoms. The van der Waals surface area contributed by atoms with Gasteiger partial charge in [0.2, 0.25) is 0 Å². The maximum Gasteiger partial charge on any atom is 0.110 e. The van der Waals surface area contributed by atoms with E-state index in [1.165, 1.54) is 33.3 Å². The molecule has 2 heterocycles. The van der Waals surface area contributed by atoms with E-state index in [1.54, 1.807) is 0 Å². The lowest BCUT2D eigenvalue weighted by Crippen LogP contribution is -2.12. The van der Waals surface area contributed by atoms with E-state index in [0.29, 0.717) is 0 Å². The van der Waals surface area contributed by atoms with Gasteiger partial charge in [-0.2, -0.15) is 0 Å². The van der Waals surface area contributed by atoms with Crippen LogP contribution < -0.4 is 0 Å². The third kappa shape index (κ3) is 4.60. The van der Waals surface area contributed by atoms with Gasteiger partial charge in [-0.15, -0.1) is 0 Å². The van der Waals surface area contributed by atoms with Crippen molar-refractivity contribution >= 4 is 11.0 Å². The van der Waals surface area contributed by atoms with Gasteiger partial charge in [-0.1, -0.05) is 76.2 Å². The zero-order chi connectivity index (χ0) is 25.4. The molecule has 0 radical (unpaired) electrons. The van der Waals surface area contributed by atoms with E-state index in [2.05, 4.69) is 111 Å². The van der Waals surface area contributed by atoms with E-state index in [0.717, 1.165) is 42.0 Å². The molecule has 0 N–H and O–H groups in total. The molecule has 0 saturated heterocycles. The van der Waals surface area contributed by atoms with Gasteiger partial charge in [0.1, 0.15) is 5.82 Å². The van der Waals surface area contributed by atoms with Crippen molar-refractivity contribution in [2.75, 3.05) is 0 Å². The number of aromatic nitrogens is 4. The highest BCUT2D eigenvalue weighted by Gasteiger charge is 2.19. The van der Waals surface area contributed by atoms with E-state index >= 15 is 0 Å². The summed E-state index contributed by atoms with van der Waals surface area (Å²) >= 11 is 0. The Bertz CT molecular complexity index is 1510. The van der Waals surface area contributed by atoms with Crippen molar-refractivity contribution in [1.82, 2.24) is 19.1 Å². The van der Waals surface area contributed by atoms with Gasteiger partial charge in [-0.05, 0) is 58.7 Å². The molecule has 4 heteroatoms. The summed E-state index contributed by atoms with van der Waals surface area (Å²) in [5.41, 5.74) is 10.9. The highest BCUT2D eigenvalue weighted by Crippen LogP contribution is 2.33. The van der Waals surface area contributed by atoms with Crippen LogP contribution in [0.15, 0.2) is 73.2 Å². The van der Waals surface area contributed by atoms with Crippen LogP contribution in [0.5, 0.6) is 0 Å². The van der Waals surface area contributed by atoms with Crippen molar-refractivity contribution in [3.05, 3.63) is 95.7 Å². The van der Waals surface area contributed by atoms with Crippen LogP contribution in [0.2, 0.25) is 0 Å². The van der Waals surface area contributed by atoms with Crippen LogP contribution in [0, 0.1) is 6.92 Å². The molecular weight excluding hydrogens is 440 g/mol. The maximum atomic E-state index is 5.08. The van der Waals surface area contributed by atoms with Crippen LogP contribution in [-0.4, -0.2) is 19.1 Å². The molecule has 0 unspecified atom stereocenters. The predicted molar refractivity (Wildman–Crippen MR) is 150 cm³/mol. The molecule has 0 bridgehead atoms. The Labute approximate surface area is 214 Å². The number of hydrogen-bond acceptors (Lipinski definition) is 2. The van der Waals surface area contributed by atoms with Gasteiger partial charge in [-0.25, -0.2) is 9.97 Å². The average Bonchev–Trinajstić information content (AvgIpc) is 3.43. The van der Waals surface area contributed by atoms with Crippen molar-refractivity contribution in [2.24, 2.45) is 7.05 Å². The molecule has 36 heavy (non-hydrogen) atoms. The van der Waals surface area contributed by atoms with E-state index in [-0.39, 0.29) is 5.41 Å². The molecule has 0 aliphatic carbocycles. The summed E-state index contributed by atoms with van der Waals surface area (Å²) in [6.45, 7) is 12.0. The molecular formula is C32H36N4. The molecule has 0 saturated carbocycles. The molecule has 0 atom stereocenters. The van der Waals surface area contributed by atoms with Crippen molar-refractivity contribution in [3.8, 4) is 22.4 Å². The van der Waals surface area contributed by atoms with E-state index < -0.39 is 0 Å². The van der Waals surface area contributed by atoms with Gasteiger partial charge < -0.3 is 9.13 Å². The molecule has 0 fully saturated rings. The summed E-state index contributed by atoms with van der Waals surface area (Å²) in [5.74, 6) is 1.15. The van der Waals surface area contributed by atoms with Crippen LogP contribution in [0.4, 0.5) is 0 Å². The largest absolute Gasteiger partial charge is 0.340 e. The first-order valence-corrected chi connectivity index (χ1v) is 12.9. The van der Waals surface area contributed by atoms with Crippen molar-refractivity contribution in [1.29, 1.82) is 0 Å². The van der Waals surface area contributed by atoms with Gasteiger partial charge in [0.05, 0.1) is 23.1 Å². The Hall–Kier alpha value is -3.66. The lowest BCUT2D eigenvalue weighted by Gasteiger charge is -2.23. The topological polar surface area (TPSA) is 35.6 Å². The zero-order valence-electron chi connectivity index (χ0n) is 22.3. The van der Waals surface area contributed by atoms with E-state index in [9.17, 15) is 0 Å². The number of fused-ring (bicyclic) bond motifs is 1. The molecule has 0 aliphatic heterocycles. The molecule has 3 aromatic carbocycles. The van der Waals surface area contributed by atoms with Crippen LogP contribution in [0.25, 0.3) is 33.4 Å². The number of benzene rings is 3. The molecule has 0 amide bonds. The van der Waals surface area contributed by atoms with Crippen LogP contribution >= 0.6 is 0 Å². The van der Waals surface area contributed by atoms with Gasteiger partial charge in [0.25, 0.3) is 0 Å². The minimum absolute atomic E-state index is 0.100. The predicted octanol–water partition coefficient (Wildman–Crippen LogP) is 7.71. The fourth-order valence-corrected chi connectivity index (χ4v) is 5.10. The summed E-state index contributed by atoms with van der Waals surface area (Å²) in [6, 6.07) is 22.3. The van der Waals surface area contributed by atoms with Crippen molar-refractivity contribution in [3.63, 3.8) is 0 Å². The Morgan fingerprint density at radius 1 is 0.917 bits per heavy atom. The SMILES string of the molecule is CCCc1nc2c(C)cc(-c3cn(C)cn3)cc2n1Cc1ccc(-c2ccccc2C(C)(C)C)cc1. The number of hydrogen-bond donors (Lipinski definition) is 0. The molecule has 4 nitrogen and oxygen atoms in total. The average molecular weight is 477 g/mol. The van der Waals surface area contributed by atoms with E-state index in [1.807, 2.05) is 17.9 Å². The minimum Gasteiger partial charge on any atom is -0.340 e. The lowest BCUT2D eigenvalue weighted by atomic mass is 9.82. The molecule has 5 rings (SSSR count). The Morgan fingerprint density at radius 3 is 2.33 bits per heavy atom. The Kier molecular flexibility index (Phi) is 6.29. The fourth-order valence-electron chi connectivity index (χ4n) is 5.10. The first-order valence-electron chi connectivity index (χ1n) is 12.9. The van der Waals surface area contributed by atoms with Crippen LogP contribution in [0.3, 0.4) is 0 Å². The minimum atomic E-state index is 0.100. The molecule has 184 valence electrons.